The van der Waals surface area contributed by atoms with Gasteiger partial charge in [-0.05, 0) is 74.6 Å². The predicted octanol–water partition coefficient (Wildman–Crippen LogP) is 11.2. The fraction of sp³-hybridized carbons (Fsp3) is 0. The first-order valence-corrected chi connectivity index (χ1v) is 15.8. The van der Waals surface area contributed by atoms with Crippen LogP contribution in [-0.4, -0.2) is 15.0 Å². The van der Waals surface area contributed by atoms with Crippen molar-refractivity contribution in [2.75, 3.05) is 0 Å². The van der Waals surface area contributed by atoms with Crippen molar-refractivity contribution in [3.63, 3.8) is 0 Å². The number of nitrogens with zero attached hydrogens (tertiary/aromatic N) is 3. The summed E-state index contributed by atoms with van der Waals surface area (Å²) < 4.78 is 2.32. The quantitative estimate of drug-likeness (QED) is 0.191. The number of hydrogen-bond donors (Lipinski definition) is 0. The molecule has 0 amide bonds. The topological polar surface area (TPSA) is 38.7 Å². The van der Waals surface area contributed by atoms with Crippen molar-refractivity contribution >= 4 is 53.2 Å². The van der Waals surface area contributed by atoms with Gasteiger partial charge in [0.1, 0.15) is 0 Å². The zero-order valence-electron chi connectivity index (χ0n) is 24.2. The second-order valence-corrected chi connectivity index (χ2v) is 12.3. The van der Waals surface area contributed by atoms with E-state index in [1.807, 2.05) is 24.5 Å². The van der Waals surface area contributed by atoms with Crippen LogP contribution in [0.3, 0.4) is 0 Å². The minimum Gasteiger partial charge on any atom is -0.264 e. The van der Waals surface area contributed by atoms with Crippen molar-refractivity contribution in [3.8, 4) is 44.9 Å². The van der Waals surface area contributed by atoms with Gasteiger partial charge < -0.3 is 0 Å². The van der Waals surface area contributed by atoms with Crippen LogP contribution in [0.25, 0.3) is 86.7 Å². The number of hydrogen-bond acceptors (Lipinski definition) is 4. The maximum Gasteiger partial charge on any atom is 0.160 e. The zero-order valence-corrected chi connectivity index (χ0v) is 25.0. The molecular formula is C41H25N3S. The third-order valence-electron chi connectivity index (χ3n) is 8.51. The summed E-state index contributed by atoms with van der Waals surface area (Å²) >= 11 is 1.76. The lowest BCUT2D eigenvalue weighted by Gasteiger charge is -2.15. The van der Waals surface area contributed by atoms with Crippen molar-refractivity contribution in [2.24, 2.45) is 0 Å². The highest BCUT2D eigenvalue weighted by Gasteiger charge is 2.19. The average Bonchev–Trinajstić information content (AvgIpc) is 3.49. The Labute approximate surface area is 264 Å². The Morgan fingerprint density at radius 1 is 0.467 bits per heavy atom. The van der Waals surface area contributed by atoms with Crippen LogP contribution in [0.2, 0.25) is 0 Å². The molecule has 0 atom stereocenters. The summed E-state index contributed by atoms with van der Waals surface area (Å²) in [5, 5.41) is 6.02. The molecule has 6 aromatic carbocycles. The molecule has 0 aliphatic heterocycles. The molecule has 0 aliphatic rings. The first kappa shape index (κ1) is 25.8. The van der Waals surface area contributed by atoms with Gasteiger partial charge in [0.25, 0.3) is 0 Å². The third kappa shape index (κ3) is 4.38. The van der Waals surface area contributed by atoms with Crippen molar-refractivity contribution in [1.29, 1.82) is 0 Å². The summed E-state index contributed by atoms with van der Waals surface area (Å²) in [5.74, 6) is 0.710. The summed E-state index contributed by atoms with van der Waals surface area (Å²) in [5.41, 5.74) is 8.46. The SMILES string of the molecule is c1ccc(-c2nc(-c3cc(-c4cccnc4)cc(-c4c5ccccc5cc5ccccc45)c3)nc3c2sc2ccccc23)cc1. The maximum atomic E-state index is 5.31. The molecule has 0 fully saturated rings. The lowest BCUT2D eigenvalue weighted by Crippen LogP contribution is -1.95. The second-order valence-electron chi connectivity index (χ2n) is 11.3. The molecule has 0 saturated heterocycles. The molecule has 0 N–H and O–H groups in total. The van der Waals surface area contributed by atoms with E-state index in [2.05, 4.69) is 132 Å². The fourth-order valence-electron chi connectivity index (χ4n) is 6.44. The van der Waals surface area contributed by atoms with Gasteiger partial charge in [-0.15, -0.1) is 11.3 Å². The van der Waals surface area contributed by atoms with Crippen LogP contribution in [0.15, 0.2) is 152 Å². The molecule has 3 nitrogen and oxygen atoms in total. The number of aromatic nitrogens is 3. The molecule has 0 radical (unpaired) electrons. The Morgan fingerprint density at radius 3 is 1.87 bits per heavy atom. The van der Waals surface area contributed by atoms with E-state index in [0.29, 0.717) is 5.82 Å². The highest BCUT2D eigenvalue weighted by atomic mass is 32.1. The fourth-order valence-corrected chi connectivity index (χ4v) is 7.59. The Balaban J connectivity index is 1.38. The van der Waals surface area contributed by atoms with Crippen molar-refractivity contribution < 1.29 is 0 Å². The number of pyridine rings is 1. The molecule has 0 aliphatic carbocycles. The Bertz CT molecular complexity index is 2480. The number of rotatable bonds is 4. The first-order valence-electron chi connectivity index (χ1n) is 15.0. The van der Waals surface area contributed by atoms with Gasteiger partial charge >= 0.3 is 0 Å². The van der Waals surface area contributed by atoms with Gasteiger partial charge in [-0.3, -0.25) is 4.98 Å². The van der Waals surface area contributed by atoms with Gasteiger partial charge in [0, 0.05) is 39.2 Å². The molecular weight excluding hydrogens is 567 g/mol. The predicted molar refractivity (Wildman–Crippen MR) is 189 cm³/mol. The normalized spacial score (nSPS) is 11.6. The van der Waals surface area contributed by atoms with Crippen LogP contribution in [0.1, 0.15) is 0 Å². The maximum absolute atomic E-state index is 5.31. The summed E-state index contributed by atoms with van der Waals surface area (Å²) in [6, 6.07) is 49.4. The largest absolute Gasteiger partial charge is 0.264 e. The minimum atomic E-state index is 0.710. The van der Waals surface area contributed by atoms with Crippen molar-refractivity contribution in [3.05, 3.63) is 152 Å². The van der Waals surface area contributed by atoms with E-state index in [4.69, 9.17) is 9.97 Å². The van der Waals surface area contributed by atoms with Crippen LogP contribution < -0.4 is 0 Å². The highest BCUT2D eigenvalue weighted by molar-refractivity contribution is 7.26. The Hall–Kier alpha value is -5.71. The smallest absolute Gasteiger partial charge is 0.160 e. The Morgan fingerprint density at radius 2 is 1.11 bits per heavy atom. The molecule has 3 aromatic heterocycles. The van der Waals surface area contributed by atoms with E-state index < -0.39 is 0 Å². The lowest BCUT2D eigenvalue weighted by molar-refractivity contribution is 1.24. The van der Waals surface area contributed by atoms with E-state index in [9.17, 15) is 0 Å². The van der Waals surface area contributed by atoms with Gasteiger partial charge in [-0.2, -0.15) is 0 Å². The van der Waals surface area contributed by atoms with Crippen LogP contribution in [0.5, 0.6) is 0 Å². The minimum absolute atomic E-state index is 0.710. The van der Waals surface area contributed by atoms with E-state index in [0.717, 1.165) is 49.1 Å². The van der Waals surface area contributed by atoms with Crippen LogP contribution in [0, 0.1) is 0 Å². The molecule has 210 valence electrons. The number of thiophene rings is 1. The molecule has 0 bridgehead atoms. The third-order valence-corrected chi connectivity index (χ3v) is 9.68. The zero-order chi connectivity index (χ0) is 29.7. The van der Waals surface area contributed by atoms with Crippen LogP contribution in [-0.2, 0) is 0 Å². The molecule has 45 heavy (non-hydrogen) atoms. The average molecular weight is 592 g/mol. The summed E-state index contributed by atoms with van der Waals surface area (Å²) in [7, 11) is 0. The van der Waals surface area contributed by atoms with Crippen LogP contribution >= 0.6 is 11.3 Å². The molecule has 3 heterocycles. The van der Waals surface area contributed by atoms with Crippen molar-refractivity contribution in [1.82, 2.24) is 15.0 Å². The molecule has 9 aromatic rings. The van der Waals surface area contributed by atoms with Gasteiger partial charge in [-0.25, -0.2) is 9.97 Å². The molecule has 0 spiro atoms. The summed E-state index contributed by atoms with van der Waals surface area (Å²) in [6.07, 6.45) is 3.74. The van der Waals surface area contributed by atoms with E-state index in [-0.39, 0.29) is 0 Å². The van der Waals surface area contributed by atoms with Gasteiger partial charge in [-0.1, -0.05) is 103 Å². The lowest BCUT2D eigenvalue weighted by atomic mass is 9.89. The second kappa shape index (κ2) is 10.5. The van der Waals surface area contributed by atoms with Gasteiger partial charge in [0.15, 0.2) is 5.82 Å². The summed E-state index contributed by atoms with van der Waals surface area (Å²) in [4.78, 5) is 15.1. The molecule has 0 saturated carbocycles. The monoisotopic (exact) mass is 591 g/mol. The standard InChI is InChI=1S/C41H25N3S/c1-2-11-26(12-3-1)38-40-39(35-18-8-9-19-36(35)45-40)44-41(43-38)32-23-30(29-15-10-20-42-25-29)22-31(24-32)37-33-16-6-4-13-27(33)21-28-14-5-7-17-34(28)37/h1-25H. The number of fused-ring (bicyclic) bond motifs is 5. The van der Waals surface area contributed by atoms with E-state index >= 15 is 0 Å². The van der Waals surface area contributed by atoms with E-state index in [1.54, 1.807) is 11.3 Å². The Kier molecular flexibility index (Phi) is 6.00. The summed E-state index contributed by atoms with van der Waals surface area (Å²) in [6.45, 7) is 0. The molecule has 4 heteroatoms. The molecule has 0 unspecified atom stereocenters. The van der Waals surface area contributed by atoms with Crippen molar-refractivity contribution in [2.45, 2.75) is 0 Å². The number of benzene rings is 6. The van der Waals surface area contributed by atoms with Gasteiger partial charge in [0.2, 0.25) is 0 Å². The first-order chi connectivity index (χ1) is 22.3. The highest BCUT2D eigenvalue weighted by Crippen LogP contribution is 2.42. The van der Waals surface area contributed by atoms with E-state index in [1.165, 1.54) is 31.8 Å². The van der Waals surface area contributed by atoms with Gasteiger partial charge in [0.05, 0.1) is 15.9 Å². The molecule has 9 rings (SSSR count). The van der Waals surface area contributed by atoms with Crippen LogP contribution in [0.4, 0.5) is 0 Å².